The van der Waals surface area contributed by atoms with Crippen LogP contribution < -0.4 is 16.4 Å². The normalized spacial score (nSPS) is 12.0. The van der Waals surface area contributed by atoms with Gasteiger partial charge in [0.25, 0.3) is 0 Å². The van der Waals surface area contributed by atoms with Crippen molar-refractivity contribution in [2.75, 3.05) is 30.7 Å². The highest BCUT2D eigenvalue weighted by atomic mass is 16.2. The number of rotatable bonds is 7. The number of nitrogens with one attached hydrogen (secondary N) is 2. The van der Waals surface area contributed by atoms with Crippen LogP contribution in [-0.4, -0.2) is 42.4 Å². The standard InChI is InChI=1S/C15H24N4O2/c1-4-17-14(20)10-19(5-2)11(3)15(21)18-13-8-6-7-12(16)9-13/h6-9,11H,4-5,10,16H2,1-3H3,(H,17,20)(H,18,21). The Morgan fingerprint density at radius 3 is 2.62 bits per heavy atom. The lowest BCUT2D eigenvalue weighted by atomic mass is 10.2. The van der Waals surface area contributed by atoms with Gasteiger partial charge in [0, 0.05) is 17.9 Å². The molecule has 6 nitrogen and oxygen atoms in total. The molecule has 2 amide bonds. The molecule has 0 aliphatic heterocycles. The topological polar surface area (TPSA) is 87.5 Å². The van der Waals surface area contributed by atoms with Crippen molar-refractivity contribution in [2.45, 2.75) is 26.8 Å². The molecule has 1 aromatic carbocycles. The van der Waals surface area contributed by atoms with E-state index in [-0.39, 0.29) is 18.4 Å². The molecule has 0 aromatic heterocycles. The quantitative estimate of drug-likeness (QED) is 0.656. The minimum atomic E-state index is -0.404. The fourth-order valence-corrected chi connectivity index (χ4v) is 1.99. The van der Waals surface area contributed by atoms with Crippen LogP contribution in [0.1, 0.15) is 20.8 Å². The number of anilines is 2. The fraction of sp³-hybridized carbons (Fsp3) is 0.467. The Hall–Kier alpha value is -2.08. The highest BCUT2D eigenvalue weighted by molar-refractivity contribution is 5.95. The van der Waals surface area contributed by atoms with Gasteiger partial charge in [-0.3, -0.25) is 14.5 Å². The summed E-state index contributed by atoms with van der Waals surface area (Å²) in [6.45, 7) is 6.97. The number of likely N-dealkylation sites (N-methyl/N-ethyl adjacent to an activating group) is 2. The molecule has 21 heavy (non-hydrogen) atoms. The number of nitrogen functional groups attached to an aromatic ring is 1. The van der Waals surface area contributed by atoms with E-state index in [0.29, 0.717) is 24.5 Å². The summed E-state index contributed by atoms with van der Waals surface area (Å²) in [4.78, 5) is 25.7. The van der Waals surface area contributed by atoms with E-state index in [1.165, 1.54) is 0 Å². The Morgan fingerprint density at radius 1 is 1.33 bits per heavy atom. The van der Waals surface area contributed by atoms with Gasteiger partial charge in [-0.2, -0.15) is 0 Å². The zero-order chi connectivity index (χ0) is 15.8. The first kappa shape index (κ1) is 17.0. The Kier molecular flexibility index (Phi) is 6.68. The van der Waals surface area contributed by atoms with Gasteiger partial charge in [0.15, 0.2) is 0 Å². The van der Waals surface area contributed by atoms with Crippen LogP contribution in [0.25, 0.3) is 0 Å². The Labute approximate surface area is 125 Å². The first-order valence-electron chi connectivity index (χ1n) is 7.15. The molecule has 4 N–H and O–H groups in total. The molecule has 0 aliphatic rings. The summed E-state index contributed by atoms with van der Waals surface area (Å²) >= 11 is 0. The van der Waals surface area contributed by atoms with E-state index in [1.807, 2.05) is 18.7 Å². The number of carbonyl (C=O) groups excluding carboxylic acids is 2. The van der Waals surface area contributed by atoms with E-state index in [0.717, 1.165) is 0 Å². The van der Waals surface area contributed by atoms with Gasteiger partial charge in [0.2, 0.25) is 11.8 Å². The van der Waals surface area contributed by atoms with Crippen LogP contribution in [0.2, 0.25) is 0 Å². The molecule has 6 heteroatoms. The van der Waals surface area contributed by atoms with Crippen LogP contribution in [0.5, 0.6) is 0 Å². The minimum absolute atomic E-state index is 0.0806. The van der Waals surface area contributed by atoms with Gasteiger partial charge < -0.3 is 16.4 Å². The monoisotopic (exact) mass is 292 g/mol. The predicted molar refractivity (Wildman–Crippen MR) is 84.9 cm³/mol. The third kappa shape index (κ3) is 5.43. The lowest BCUT2D eigenvalue weighted by Crippen LogP contribution is -2.46. The molecular formula is C15H24N4O2. The third-order valence-corrected chi connectivity index (χ3v) is 3.21. The van der Waals surface area contributed by atoms with Crippen molar-refractivity contribution in [3.05, 3.63) is 24.3 Å². The fourth-order valence-electron chi connectivity index (χ4n) is 1.99. The summed E-state index contributed by atoms with van der Waals surface area (Å²) in [6.07, 6.45) is 0. The number of hydrogen-bond donors (Lipinski definition) is 3. The van der Waals surface area contributed by atoms with E-state index < -0.39 is 6.04 Å². The largest absolute Gasteiger partial charge is 0.399 e. The Morgan fingerprint density at radius 2 is 2.05 bits per heavy atom. The molecule has 116 valence electrons. The molecule has 0 bridgehead atoms. The van der Waals surface area contributed by atoms with Crippen molar-refractivity contribution < 1.29 is 9.59 Å². The average molecular weight is 292 g/mol. The maximum atomic E-state index is 12.2. The van der Waals surface area contributed by atoms with Crippen LogP contribution >= 0.6 is 0 Å². The molecular weight excluding hydrogens is 268 g/mol. The smallest absolute Gasteiger partial charge is 0.241 e. The molecule has 1 unspecified atom stereocenters. The molecule has 0 saturated carbocycles. The van der Waals surface area contributed by atoms with Crippen LogP contribution in [-0.2, 0) is 9.59 Å². The highest BCUT2D eigenvalue weighted by Crippen LogP contribution is 2.13. The summed E-state index contributed by atoms with van der Waals surface area (Å²) in [6, 6.07) is 6.61. The summed E-state index contributed by atoms with van der Waals surface area (Å²) in [5.41, 5.74) is 6.93. The van der Waals surface area contributed by atoms with Gasteiger partial charge in [-0.05, 0) is 38.6 Å². The molecule has 1 rings (SSSR count). The zero-order valence-electron chi connectivity index (χ0n) is 12.8. The second-order valence-electron chi connectivity index (χ2n) is 4.81. The number of nitrogens with two attached hydrogens (primary N) is 1. The maximum absolute atomic E-state index is 12.2. The van der Waals surface area contributed by atoms with Gasteiger partial charge >= 0.3 is 0 Å². The molecule has 0 aliphatic carbocycles. The van der Waals surface area contributed by atoms with E-state index in [4.69, 9.17) is 5.73 Å². The first-order chi connectivity index (χ1) is 9.97. The minimum Gasteiger partial charge on any atom is -0.399 e. The van der Waals surface area contributed by atoms with Crippen LogP contribution in [0.4, 0.5) is 11.4 Å². The second kappa shape index (κ2) is 8.26. The van der Waals surface area contributed by atoms with Gasteiger partial charge in [-0.25, -0.2) is 0 Å². The van der Waals surface area contributed by atoms with Crippen molar-refractivity contribution >= 4 is 23.2 Å². The molecule has 0 spiro atoms. The van der Waals surface area contributed by atoms with E-state index in [9.17, 15) is 9.59 Å². The van der Waals surface area contributed by atoms with Gasteiger partial charge in [-0.1, -0.05) is 13.0 Å². The van der Waals surface area contributed by atoms with Crippen LogP contribution in [0.15, 0.2) is 24.3 Å². The highest BCUT2D eigenvalue weighted by Gasteiger charge is 2.22. The van der Waals surface area contributed by atoms with Crippen molar-refractivity contribution in [3.8, 4) is 0 Å². The van der Waals surface area contributed by atoms with Gasteiger partial charge in [0.1, 0.15) is 0 Å². The number of hydrogen-bond acceptors (Lipinski definition) is 4. The van der Waals surface area contributed by atoms with Crippen LogP contribution in [0.3, 0.4) is 0 Å². The summed E-state index contributed by atoms with van der Waals surface area (Å²) in [7, 11) is 0. The molecule has 0 radical (unpaired) electrons. The molecule has 1 aromatic rings. The summed E-state index contributed by atoms with van der Waals surface area (Å²) in [5.74, 6) is -0.241. The summed E-state index contributed by atoms with van der Waals surface area (Å²) < 4.78 is 0. The lowest BCUT2D eigenvalue weighted by Gasteiger charge is -2.26. The molecule has 0 fully saturated rings. The van der Waals surface area contributed by atoms with E-state index >= 15 is 0 Å². The van der Waals surface area contributed by atoms with Crippen LogP contribution in [0, 0.1) is 0 Å². The van der Waals surface area contributed by atoms with Crippen molar-refractivity contribution in [1.29, 1.82) is 0 Å². The Balaban J connectivity index is 2.64. The Bertz CT molecular complexity index is 490. The maximum Gasteiger partial charge on any atom is 0.241 e. The SMILES string of the molecule is CCNC(=O)CN(CC)C(C)C(=O)Nc1cccc(N)c1. The second-order valence-corrected chi connectivity index (χ2v) is 4.81. The van der Waals surface area contributed by atoms with E-state index in [1.54, 1.807) is 31.2 Å². The lowest BCUT2D eigenvalue weighted by molar-refractivity contribution is -0.125. The van der Waals surface area contributed by atoms with Crippen molar-refractivity contribution in [2.24, 2.45) is 0 Å². The van der Waals surface area contributed by atoms with Crippen molar-refractivity contribution in [3.63, 3.8) is 0 Å². The average Bonchev–Trinajstić information content (AvgIpc) is 2.44. The molecule has 0 heterocycles. The van der Waals surface area contributed by atoms with Crippen molar-refractivity contribution in [1.82, 2.24) is 10.2 Å². The first-order valence-corrected chi connectivity index (χ1v) is 7.15. The third-order valence-electron chi connectivity index (χ3n) is 3.21. The molecule has 0 saturated heterocycles. The number of amides is 2. The number of nitrogens with zero attached hydrogens (tertiary/aromatic N) is 1. The van der Waals surface area contributed by atoms with Gasteiger partial charge in [-0.15, -0.1) is 0 Å². The molecule has 1 atom stereocenters. The summed E-state index contributed by atoms with van der Waals surface area (Å²) in [5, 5.41) is 5.54. The zero-order valence-corrected chi connectivity index (χ0v) is 12.8. The van der Waals surface area contributed by atoms with E-state index in [2.05, 4.69) is 10.6 Å². The predicted octanol–water partition coefficient (Wildman–Crippen LogP) is 1.05. The number of benzene rings is 1. The number of carbonyl (C=O) groups is 2. The van der Waals surface area contributed by atoms with Gasteiger partial charge in [0.05, 0.1) is 12.6 Å².